The zero-order valence-electron chi connectivity index (χ0n) is 11.0. The summed E-state index contributed by atoms with van der Waals surface area (Å²) in [5.74, 6) is 0.349. The smallest absolute Gasteiger partial charge is 0.437 e. The van der Waals surface area contributed by atoms with Crippen LogP contribution in [0.1, 0.15) is 0 Å². The summed E-state index contributed by atoms with van der Waals surface area (Å²) in [5, 5.41) is 3.97. The van der Waals surface area contributed by atoms with Crippen molar-refractivity contribution < 1.29 is 14.3 Å². The molecule has 5 heteroatoms. The molecule has 3 aromatic carbocycles. The molecule has 0 saturated heterocycles. The number of hydrogen-bond donors (Lipinski definition) is 0. The quantitative estimate of drug-likeness (QED) is 0.340. The van der Waals surface area contributed by atoms with E-state index in [-0.39, 0.29) is 0 Å². The van der Waals surface area contributed by atoms with Crippen LogP contribution in [-0.2, 0) is 4.74 Å². The lowest BCUT2D eigenvalue weighted by atomic mass is 10.0. The number of hydrogen-bond acceptors (Lipinski definition) is 3. The SMILES string of the molecule is COC(=O)Oc1c2ccccc2cc2c(Cl)ccc(Cl)c12. The van der Waals surface area contributed by atoms with Crippen LogP contribution in [0.25, 0.3) is 21.5 Å². The third-order valence-corrected chi connectivity index (χ3v) is 3.87. The molecule has 3 nitrogen and oxygen atoms in total. The average Bonchev–Trinajstić information content (AvgIpc) is 2.50. The summed E-state index contributed by atoms with van der Waals surface area (Å²) in [6, 6.07) is 12.8. The van der Waals surface area contributed by atoms with Crippen LogP contribution in [0.5, 0.6) is 5.75 Å². The Morgan fingerprint density at radius 2 is 1.71 bits per heavy atom. The van der Waals surface area contributed by atoms with Gasteiger partial charge >= 0.3 is 6.16 Å². The number of rotatable bonds is 1. The molecule has 0 fully saturated rings. The van der Waals surface area contributed by atoms with Gasteiger partial charge in [0.05, 0.1) is 12.1 Å². The van der Waals surface area contributed by atoms with Gasteiger partial charge in [-0.3, -0.25) is 0 Å². The molecule has 0 saturated carbocycles. The van der Waals surface area contributed by atoms with E-state index in [4.69, 9.17) is 27.9 Å². The first-order valence-corrected chi connectivity index (χ1v) is 6.92. The summed E-state index contributed by atoms with van der Waals surface area (Å²) in [4.78, 5) is 11.5. The lowest BCUT2D eigenvalue weighted by Gasteiger charge is -2.13. The normalized spacial score (nSPS) is 10.8. The third kappa shape index (κ3) is 2.39. The van der Waals surface area contributed by atoms with Crippen LogP contribution in [0.4, 0.5) is 4.79 Å². The van der Waals surface area contributed by atoms with E-state index in [1.54, 1.807) is 12.1 Å². The van der Waals surface area contributed by atoms with E-state index < -0.39 is 6.16 Å². The Balaban J connectivity index is 2.46. The average molecular weight is 321 g/mol. The molecule has 0 aromatic heterocycles. The molecule has 0 heterocycles. The first-order valence-electron chi connectivity index (χ1n) is 6.17. The minimum atomic E-state index is -0.802. The summed E-state index contributed by atoms with van der Waals surface area (Å²) in [5.41, 5.74) is 0. The molecule has 21 heavy (non-hydrogen) atoms. The molecule has 0 N–H and O–H groups in total. The zero-order chi connectivity index (χ0) is 15.0. The maximum absolute atomic E-state index is 11.5. The second-order valence-corrected chi connectivity index (χ2v) is 5.25. The van der Waals surface area contributed by atoms with Gasteiger partial charge in [-0.15, -0.1) is 0 Å². The largest absolute Gasteiger partial charge is 0.513 e. The molecule has 0 atom stereocenters. The van der Waals surface area contributed by atoms with Gasteiger partial charge in [0.25, 0.3) is 0 Å². The van der Waals surface area contributed by atoms with Crippen molar-refractivity contribution in [3.63, 3.8) is 0 Å². The van der Waals surface area contributed by atoms with Crippen LogP contribution < -0.4 is 4.74 Å². The molecule has 0 amide bonds. The Morgan fingerprint density at radius 1 is 1.00 bits per heavy atom. The second-order valence-electron chi connectivity index (χ2n) is 4.43. The predicted octanol–water partition coefficient (Wildman–Crippen LogP) is 5.45. The van der Waals surface area contributed by atoms with Gasteiger partial charge in [0.1, 0.15) is 0 Å². The molecular formula is C16H10Cl2O3. The van der Waals surface area contributed by atoms with Crippen LogP contribution in [0, 0.1) is 0 Å². The van der Waals surface area contributed by atoms with Crippen molar-refractivity contribution in [1.29, 1.82) is 0 Å². The van der Waals surface area contributed by atoms with Gasteiger partial charge in [0.2, 0.25) is 0 Å². The number of halogens is 2. The third-order valence-electron chi connectivity index (χ3n) is 3.23. The van der Waals surface area contributed by atoms with Gasteiger partial charge in [-0.1, -0.05) is 47.5 Å². The summed E-state index contributed by atoms with van der Waals surface area (Å²) in [7, 11) is 1.25. The maximum Gasteiger partial charge on any atom is 0.513 e. The first-order chi connectivity index (χ1) is 10.1. The van der Waals surface area contributed by atoms with Gasteiger partial charge in [-0.25, -0.2) is 4.79 Å². The molecule has 0 bridgehead atoms. The summed E-state index contributed by atoms with van der Waals surface area (Å²) >= 11 is 12.5. The highest BCUT2D eigenvalue weighted by Gasteiger charge is 2.17. The molecule has 0 spiro atoms. The molecule has 106 valence electrons. The molecule has 0 radical (unpaired) electrons. The van der Waals surface area contributed by atoms with E-state index in [1.807, 2.05) is 30.3 Å². The number of methoxy groups -OCH3 is 1. The summed E-state index contributed by atoms with van der Waals surface area (Å²) in [6.45, 7) is 0. The van der Waals surface area contributed by atoms with Crippen molar-refractivity contribution in [2.45, 2.75) is 0 Å². The fourth-order valence-corrected chi connectivity index (χ4v) is 2.75. The molecule has 0 unspecified atom stereocenters. The van der Waals surface area contributed by atoms with Crippen LogP contribution >= 0.6 is 23.2 Å². The fraction of sp³-hybridized carbons (Fsp3) is 0.0625. The van der Waals surface area contributed by atoms with Crippen molar-refractivity contribution in [2.75, 3.05) is 7.11 Å². The number of carbonyl (C=O) groups excluding carboxylic acids is 1. The van der Waals surface area contributed by atoms with Crippen molar-refractivity contribution in [3.8, 4) is 5.75 Å². The molecule has 3 aromatic rings. The highest BCUT2D eigenvalue weighted by atomic mass is 35.5. The first kappa shape index (κ1) is 14.0. The molecule has 0 aliphatic carbocycles. The summed E-state index contributed by atoms with van der Waals surface area (Å²) in [6.07, 6.45) is -0.802. The topological polar surface area (TPSA) is 35.5 Å². The van der Waals surface area contributed by atoms with Gasteiger partial charge in [0.15, 0.2) is 5.75 Å². The van der Waals surface area contributed by atoms with E-state index in [0.717, 1.165) is 16.2 Å². The minimum absolute atomic E-state index is 0.349. The lowest BCUT2D eigenvalue weighted by Crippen LogP contribution is -2.08. The van der Waals surface area contributed by atoms with Crippen LogP contribution in [0.2, 0.25) is 10.0 Å². The van der Waals surface area contributed by atoms with E-state index in [0.29, 0.717) is 21.2 Å². The Kier molecular flexibility index (Phi) is 3.62. The Morgan fingerprint density at radius 3 is 2.48 bits per heavy atom. The van der Waals surface area contributed by atoms with Crippen LogP contribution in [0.3, 0.4) is 0 Å². The van der Waals surface area contributed by atoms with Gasteiger partial charge < -0.3 is 9.47 Å². The number of ether oxygens (including phenoxy) is 2. The van der Waals surface area contributed by atoms with E-state index in [2.05, 4.69) is 4.74 Å². The van der Waals surface area contributed by atoms with Crippen LogP contribution in [0.15, 0.2) is 42.5 Å². The van der Waals surface area contributed by atoms with E-state index in [9.17, 15) is 4.79 Å². The number of fused-ring (bicyclic) bond motifs is 2. The van der Waals surface area contributed by atoms with Gasteiger partial charge in [-0.05, 0) is 23.6 Å². The standard InChI is InChI=1S/C16H10Cl2O3/c1-20-16(19)21-15-10-5-3-2-4-9(10)8-11-12(17)6-7-13(18)14(11)15/h2-8H,1H3. The monoisotopic (exact) mass is 320 g/mol. The van der Waals surface area contributed by atoms with Crippen LogP contribution in [-0.4, -0.2) is 13.3 Å². The van der Waals surface area contributed by atoms with Gasteiger partial charge in [-0.2, -0.15) is 0 Å². The van der Waals surface area contributed by atoms with E-state index >= 15 is 0 Å². The maximum atomic E-state index is 11.5. The Hall–Kier alpha value is -1.97. The van der Waals surface area contributed by atoms with Crippen molar-refractivity contribution in [1.82, 2.24) is 0 Å². The van der Waals surface area contributed by atoms with Crippen molar-refractivity contribution >= 4 is 50.9 Å². The van der Waals surface area contributed by atoms with Crippen molar-refractivity contribution in [3.05, 3.63) is 52.5 Å². The lowest BCUT2D eigenvalue weighted by molar-refractivity contribution is 0.122. The minimum Gasteiger partial charge on any atom is -0.437 e. The zero-order valence-corrected chi connectivity index (χ0v) is 12.5. The van der Waals surface area contributed by atoms with Gasteiger partial charge in [0, 0.05) is 21.2 Å². The highest BCUT2D eigenvalue weighted by molar-refractivity contribution is 6.41. The number of carbonyl (C=O) groups is 1. The molecule has 3 rings (SSSR count). The molecule has 0 aliphatic rings. The number of benzene rings is 3. The Labute approximate surface area is 131 Å². The van der Waals surface area contributed by atoms with Crippen molar-refractivity contribution in [2.24, 2.45) is 0 Å². The highest BCUT2D eigenvalue weighted by Crippen LogP contribution is 2.41. The molecule has 0 aliphatic heterocycles. The second kappa shape index (κ2) is 5.43. The fourth-order valence-electron chi connectivity index (χ4n) is 2.29. The van der Waals surface area contributed by atoms with E-state index in [1.165, 1.54) is 7.11 Å². The summed E-state index contributed by atoms with van der Waals surface area (Å²) < 4.78 is 9.91. The predicted molar refractivity (Wildman–Crippen MR) is 84.5 cm³/mol. The molecular weight excluding hydrogens is 311 g/mol. The Bertz CT molecular complexity index is 859.